The predicted octanol–water partition coefficient (Wildman–Crippen LogP) is 2.61. The van der Waals surface area contributed by atoms with Crippen LogP contribution in [-0.4, -0.2) is 48.8 Å². The average Bonchev–Trinajstić information content (AvgIpc) is 2.42. The number of nitrogens with zero attached hydrogens (tertiary/aromatic N) is 2. The molecule has 0 spiro atoms. The molecular formula is C14H22BrN3O. The van der Waals surface area contributed by atoms with Crippen LogP contribution in [0.25, 0.3) is 0 Å². The summed E-state index contributed by atoms with van der Waals surface area (Å²) in [5, 5.41) is 3.44. The summed E-state index contributed by atoms with van der Waals surface area (Å²) < 4.78 is 6.43. The van der Waals surface area contributed by atoms with Gasteiger partial charge in [-0.1, -0.05) is 13.8 Å². The first-order valence-corrected chi connectivity index (χ1v) is 7.63. The van der Waals surface area contributed by atoms with E-state index in [0.717, 1.165) is 43.1 Å². The number of hydrogen-bond acceptors (Lipinski definition) is 4. The van der Waals surface area contributed by atoms with E-state index in [1.807, 2.05) is 18.3 Å². The Morgan fingerprint density at radius 3 is 2.68 bits per heavy atom. The normalized spacial score (nSPS) is 18.5. The third kappa shape index (κ3) is 4.44. The number of pyridine rings is 1. The molecule has 5 heteroatoms. The van der Waals surface area contributed by atoms with Gasteiger partial charge in [-0.25, -0.2) is 4.98 Å². The predicted molar refractivity (Wildman–Crippen MR) is 81.4 cm³/mol. The van der Waals surface area contributed by atoms with E-state index in [9.17, 15) is 0 Å². The Labute approximate surface area is 123 Å². The molecule has 0 aliphatic carbocycles. The van der Waals surface area contributed by atoms with Gasteiger partial charge in [0.15, 0.2) is 0 Å². The second kappa shape index (κ2) is 7.22. The van der Waals surface area contributed by atoms with Crippen LogP contribution in [0.4, 0.5) is 5.82 Å². The first-order valence-electron chi connectivity index (χ1n) is 6.84. The number of morpholine rings is 1. The van der Waals surface area contributed by atoms with Crippen molar-refractivity contribution < 1.29 is 4.74 Å². The number of nitrogens with one attached hydrogen (secondary N) is 1. The van der Waals surface area contributed by atoms with E-state index in [2.05, 4.69) is 45.0 Å². The minimum absolute atomic E-state index is 0.523. The van der Waals surface area contributed by atoms with E-state index in [0.29, 0.717) is 12.0 Å². The van der Waals surface area contributed by atoms with Crippen molar-refractivity contribution in [3.63, 3.8) is 0 Å². The van der Waals surface area contributed by atoms with Gasteiger partial charge in [0.2, 0.25) is 0 Å². The highest BCUT2D eigenvalue weighted by molar-refractivity contribution is 9.10. The van der Waals surface area contributed by atoms with Gasteiger partial charge in [0, 0.05) is 36.3 Å². The molecule has 2 heterocycles. The maximum absolute atomic E-state index is 5.43. The SMILES string of the molecule is CC(C)C(CNc1ccc(Br)cn1)N1CCOCC1. The third-order valence-electron chi connectivity index (χ3n) is 3.50. The Hall–Kier alpha value is -0.650. The Kier molecular flexibility index (Phi) is 5.60. The quantitative estimate of drug-likeness (QED) is 0.902. The van der Waals surface area contributed by atoms with Crippen molar-refractivity contribution >= 4 is 21.7 Å². The molecule has 1 aromatic rings. The van der Waals surface area contributed by atoms with Gasteiger partial charge in [-0.05, 0) is 34.0 Å². The molecule has 4 nitrogen and oxygen atoms in total. The highest BCUT2D eigenvalue weighted by Crippen LogP contribution is 2.15. The first-order chi connectivity index (χ1) is 9.16. The fourth-order valence-corrected chi connectivity index (χ4v) is 2.62. The van der Waals surface area contributed by atoms with Gasteiger partial charge in [-0.15, -0.1) is 0 Å². The number of rotatable bonds is 5. The third-order valence-corrected chi connectivity index (χ3v) is 3.97. The van der Waals surface area contributed by atoms with Crippen LogP contribution in [0.15, 0.2) is 22.8 Å². The molecule has 0 amide bonds. The van der Waals surface area contributed by atoms with E-state index in [1.54, 1.807) is 0 Å². The molecule has 0 bridgehead atoms. The lowest BCUT2D eigenvalue weighted by Gasteiger charge is -2.37. The maximum Gasteiger partial charge on any atom is 0.126 e. The lowest BCUT2D eigenvalue weighted by Crippen LogP contribution is -2.49. The summed E-state index contributed by atoms with van der Waals surface area (Å²) in [5.74, 6) is 1.54. The van der Waals surface area contributed by atoms with E-state index in [-0.39, 0.29) is 0 Å². The molecule has 1 unspecified atom stereocenters. The summed E-state index contributed by atoms with van der Waals surface area (Å²) in [4.78, 5) is 6.87. The highest BCUT2D eigenvalue weighted by atomic mass is 79.9. The highest BCUT2D eigenvalue weighted by Gasteiger charge is 2.23. The average molecular weight is 328 g/mol. The fraction of sp³-hybridized carbons (Fsp3) is 0.643. The molecule has 1 aromatic heterocycles. The van der Waals surface area contributed by atoms with Crippen molar-refractivity contribution in [2.45, 2.75) is 19.9 Å². The maximum atomic E-state index is 5.43. The van der Waals surface area contributed by atoms with Crippen LogP contribution in [-0.2, 0) is 4.74 Å². The first kappa shape index (κ1) is 14.8. The number of anilines is 1. The molecule has 1 fully saturated rings. The molecule has 0 aromatic carbocycles. The van der Waals surface area contributed by atoms with Gasteiger partial charge in [-0.3, -0.25) is 4.90 Å². The minimum Gasteiger partial charge on any atom is -0.379 e. The van der Waals surface area contributed by atoms with Gasteiger partial charge in [-0.2, -0.15) is 0 Å². The van der Waals surface area contributed by atoms with Gasteiger partial charge in [0.05, 0.1) is 13.2 Å². The zero-order valence-corrected chi connectivity index (χ0v) is 13.2. The summed E-state index contributed by atoms with van der Waals surface area (Å²) in [6.45, 7) is 9.22. The smallest absolute Gasteiger partial charge is 0.126 e. The van der Waals surface area contributed by atoms with Crippen molar-refractivity contribution in [2.24, 2.45) is 5.92 Å². The van der Waals surface area contributed by atoms with Crippen LogP contribution in [0.2, 0.25) is 0 Å². The van der Waals surface area contributed by atoms with E-state index >= 15 is 0 Å². The topological polar surface area (TPSA) is 37.4 Å². The molecule has 0 radical (unpaired) electrons. The number of ether oxygens (including phenoxy) is 1. The van der Waals surface area contributed by atoms with Crippen molar-refractivity contribution in [3.8, 4) is 0 Å². The Morgan fingerprint density at radius 2 is 2.11 bits per heavy atom. The van der Waals surface area contributed by atoms with Crippen LogP contribution in [0, 0.1) is 5.92 Å². The van der Waals surface area contributed by atoms with Crippen molar-refractivity contribution in [1.29, 1.82) is 0 Å². The lowest BCUT2D eigenvalue weighted by atomic mass is 10.0. The number of halogens is 1. The Morgan fingerprint density at radius 1 is 1.37 bits per heavy atom. The van der Waals surface area contributed by atoms with Gasteiger partial charge < -0.3 is 10.1 Å². The standard InChI is InChI=1S/C14H22BrN3O/c1-11(2)13(18-5-7-19-8-6-18)10-17-14-4-3-12(15)9-16-14/h3-4,9,11,13H,5-8,10H2,1-2H3,(H,16,17). The molecule has 1 aliphatic rings. The molecule has 0 saturated carbocycles. The van der Waals surface area contributed by atoms with E-state index < -0.39 is 0 Å². The zero-order chi connectivity index (χ0) is 13.7. The van der Waals surface area contributed by atoms with Crippen molar-refractivity contribution in [3.05, 3.63) is 22.8 Å². The summed E-state index contributed by atoms with van der Waals surface area (Å²) in [5.41, 5.74) is 0. The van der Waals surface area contributed by atoms with Crippen LogP contribution < -0.4 is 5.32 Å². The van der Waals surface area contributed by atoms with Gasteiger partial charge >= 0.3 is 0 Å². The molecule has 106 valence electrons. The van der Waals surface area contributed by atoms with Crippen LogP contribution >= 0.6 is 15.9 Å². The Balaban J connectivity index is 1.91. The van der Waals surface area contributed by atoms with Crippen LogP contribution in [0.5, 0.6) is 0 Å². The molecule has 2 rings (SSSR count). The summed E-state index contributed by atoms with van der Waals surface area (Å²) >= 11 is 3.40. The summed E-state index contributed by atoms with van der Waals surface area (Å²) in [6.07, 6.45) is 1.82. The summed E-state index contributed by atoms with van der Waals surface area (Å²) in [7, 11) is 0. The molecule has 1 N–H and O–H groups in total. The molecule has 1 aliphatic heterocycles. The fourth-order valence-electron chi connectivity index (χ4n) is 2.39. The molecule has 1 atom stereocenters. The van der Waals surface area contributed by atoms with Crippen molar-refractivity contribution in [1.82, 2.24) is 9.88 Å². The van der Waals surface area contributed by atoms with Gasteiger partial charge in [0.25, 0.3) is 0 Å². The second-order valence-electron chi connectivity index (χ2n) is 5.20. The van der Waals surface area contributed by atoms with Crippen LogP contribution in [0.1, 0.15) is 13.8 Å². The van der Waals surface area contributed by atoms with Crippen LogP contribution in [0.3, 0.4) is 0 Å². The van der Waals surface area contributed by atoms with E-state index in [1.165, 1.54) is 0 Å². The monoisotopic (exact) mass is 327 g/mol. The lowest BCUT2D eigenvalue weighted by molar-refractivity contribution is 0.00953. The summed E-state index contributed by atoms with van der Waals surface area (Å²) in [6, 6.07) is 4.53. The van der Waals surface area contributed by atoms with E-state index in [4.69, 9.17) is 4.74 Å². The molecule has 1 saturated heterocycles. The number of hydrogen-bond donors (Lipinski definition) is 1. The zero-order valence-electron chi connectivity index (χ0n) is 11.6. The van der Waals surface area contributed by atoms with Crippen molar-refractivity contribution in [2.75, 3.05) is 38.2 Å². The minimum atomic E-state index is 0.523. The number of aromatic nitrogens is 1. The molecule has 19 heavy (non-hydrogen) atoms. The Bertz CT molecular complexity index is 377. The second-order valence-corrected chi connectivity index (χ2v) is 6.12. The largest absolute Gasteiger partial charge is 0.379 e. The van der Waals surface area contributed by atoms with Gasteiger partial charge in [0.1, 0.15) is 5.82 Å². The molecular weight excluding hydrogens is 306 g/mol.